The minimum atomic E-state index is -3.93. The van der Waals surface area contributed by atoms with Crippen LogP contribution in [0.5, 0.6) is 0 Å². The molecule has 0 aliphatic carbocycles. The van der Waals surface area contributed by atoms with Crippen LogP contribution in [0.25, 0.3) is 4.91 Å². The second-order valence-corrected chi connectivity index (χ2v) is 7.52. The Bertz CT molecular complexity index is 1110. The molecule has 0 saturated heterocycles. The average molecular weight is 409 g/mol. The maximum Gasteiger partial charge on any atom is 0.264 e. The number of nitrogens with zero attached hydrogens (tertiary/aromatic N) is 1. The summed E-state index contributed by atoms with van der Waals surface area (Å²) in [5.74, 6) is -3.01. The molecule has 2 N–H and O–H groups in total. The van der Waals surface area contributed by atoms with Gasteiger partial charge in [0, 0.05) is 11.6 Å². The lowest BCUT2D eigenvalue weighted by atomic mass is 10.1. The molecule has 1 heterocycles. The van der Waals surface area contributed by atoms with Crippen LogP contribution in [0.3, 0.4) is 0 Å². The lowest BCUT2D eigenvalue weighted by Gasteiger charge is -2.05. The van der Waals surface area contributed by atoms with Crippen molar-refractivity contribution < 1.29 is 26.4 Å². The minimum Gasteiger partial charge on any atom is -0.322 e. The van der Waals surface area contributed by atoms with E-state index in [9.17, 15) is 26.4 Å². The summed E-state index contributed by atoms with van der Waals surface area (Å²) in [4.78, 5) is 15.8. The fourth-order valence-electron chi connectivity index (χ4n) is 2.62. The molecule has 146 valence electrons. The number of hydrogen-bond acceptors (Lipinski definition) is 4. The van der Waals surface area contributed by atoms with Crippen LogP contribution in [0.15, 0.2) is 53.0 Å². The summed E-state index contributed by atoms with van der Waals surface area (Å²) >= 11 is 0. The molecule has 0 saturated carbocycles. The Kier molecular flexibility index (Phi) is 5.23. The smallest absolute Gasteiger partial charge is 0.264 e. The van der Waals surface area contributed by atoms with Gasteiger partial charge in [-0.15, -0.1) is 0 Å². The fourth-order valence-corrected chi connectivity index (χ4v) is 4.14. The predicted octanol–water partition coefficient (Wildman–Crippen LogP) is 2.81. The Morgan fingerprint density at radius 1 is 1.07 bits per heavy atom. The highest BCUT2D eigenvalue weighted by atomic mass is 32.2. The van der Waals surface area contributed by atoms with E-state index in [0.29, 0.717) is 6.07 Å². The number of amides is 1. The molecule has 0 fully saturated rings. The van der Waals surface area contributed by atoms with Crippen LogP contribution in [0, 0.1) is 17.5 Å². The molecule has 6 nitrogen and oxygen atoms in total. The van der Waals surface area contributed by atoms with Crippen molar-refractivity contribution in [3.63, 3.8) is 0 Å². The Morgan fingerprint density at radius 2 is 1.71 bits per heavy atom. The first kappa shape index (κ1) is 19.6. The van der Waals surface area contributed by atoms with Crippen molar-refractivity contribution in [3.8, 4) is 0 Å². The highest BCUT2D eigenvalue weighted by molar-refractivity contribution is 8.00. The van der Waals surface area contributed by atoms with E-state index in [1.807, 2.05) is 0 Å². The van der Waals surface area contributed by atoms with Crippen LogP contribution in [0.1, 0.15) is 12.5 Å². The van der Waals surface area contributed by atoms with Gasteiger partial charge in [0.2, 0.25) is 5.91 Å². The summed E-state index contributed by atoms with van der Waals surface area (Å²) in [7, 11) is -3.93. The van der Waals surface area contributed by atoms with Gasteiger partial charge in [-0.3, -0.25) is 14.5 Å². The zero-order chi connectivity index (χ0) is 20.5. The van der Waals surface area contributed by atoms with Gasteiger partial charge >= 0.3 is 0 Å². The summed E-state index contributed by atoms with van der Waals surface area (Å²) in [6.07, 6.45) is 0. The van der Waals surface area contributed by atoms with Crippen LogP contribution in [-0.4, -0.2) is 26.7 Å². The molecule has 0 unspecified atom stereocenters. The van der Waals surface area contributed by atoms with E-state index in [1.54, 1.807) is 0 Å². The third-order valence-electron chi connectivity index (χ3n) is 3.89. The second-order valence-electron chi connectivity index (χ2n) is 5.90. The third-order valence-corrected chi connectivity index (χ3v) is 5.43. The number of hydrogen-bond donors (Lipinski definition) is 2. The lowest BCUT2D eigenvalue weighted by molar-refractivity contribution is -0.114. The van der Waals surface area contributed by atoms with E-state index < -0.39 is 39.9 Å². The zero-order valence-corrected chi connectivity index (χ0v) is 15.3. The fraction of sp³-hybridized carbons (Fsp3) is 0.111. The normalized spacial score (nSPS) is 16.9. The number of amidine groups is 1. The Labute approximate surface area is 158 Å². The van der Waals surface area contributed by atoms with E-state index in [2.05, 4.69) is 15.0 Å². The topological polar surface area (TPSA) is 87.6 Å². The number of sulfonamides is 1. The van der Waals surface area contributed by atoms with Crippen LogP contribution in [-0.2, 0) is 14.8 Å². The predicted molar refractivity (Wildman–Crippen MR) is 98.3 cm³/mol. The summed E-state index contributed by atoms with van der Waals surface area (Å²) in [6.45, 7) is 0.995. The first-order valence-corrected chi connectivity index (χ1v) is 9.45. The molecular weight excluding hydrogens is 395 g/mol. The van der Waals surface area contributed by atoms with Crippen molar-refractivity contribution in [1.29, 1.82) is 0 Å². The monoisotopic (exact) mass is 409 g/mol. The summed E-state index contributed by atoms with van der Waals surface area (Å²) in [5.41, 5.74) is 0.305. The maximum absolute atomic E-state index is 13.6. The van der Waals surface area contributed by atoms with Gasteiger partial charge in [-0.25, -0.2) is 21.6 Å². The van der Waals surface area contributed by atoms with E-state index in [4.69, 9.17) is 0 Å². The SMILES string of the molecule is CC1=C(c2ccc(F)cc2)S(=O)(=O)NC1=NCC(=O)Nc1ccc(F)cc1F. The highest BCUT2D eigenvalue weighted by Gasteiger charge is 2.32. The molecule has 1 amide bonds. The van der Waals surface area contributed by atoms with E-state index in [1.165, 1.54) is 19.1 Å². The molecule has 10 heteroatoms. The number of rotatable bonds is 4. The highest BCUT2D eigenvalue weighted by Crippen LogP contribution is 2.29. The Hall–Kier alpha value is -3.14. The summed E-state index contributed by atoms with van der Waals surface area (Å²) in [6, 6.07) is 7.56. The quantitative estimate of drug-likeness (QED) is 0.814. The van der Waals surface area contributed by atoms with E-state index >= 15 is 0 Å². The van der Waals surface area contributed by atoms with Crippen molar-refractivity contribution in [2.75, 3.05) is 11.9 Å². The van der Waals surface area contributed by atoms with E-state index in [-0.39, 0.29) is 27.6 Å². The number of halogens is 3. The molecule has 0 aromatic heterocycles. The van der Waals surface area contributed by atoms with Crippen LogP contribution >= 0.6 is 0 Å². The van der Waals surface area contributed by atoms with Gasteiger partial charge in [-0.2, -0.15) is 0 Å². The van der Waals surface area contributed by atoms with Gasteiger partial charge in [0.05, 0.1) is 5.69 Å². The molecule has 2 aromatic rings. The Morgan fingerprint density at radius 3 is 2.36 bits per heavy atom. The number of nitrogens with one attached hydrogen (secondary N) is 2. The first-order valence-electron chi connectivity index (χ1n) is 7.97. The van der Waals surface area contributed by atoms with Gasteiger partial charge in [-0.1, -0.05) is 12.1 Å². The molecule has 0 atom stereocenters. The summed E-state index contributed by atoms with van der Waals surface area (Å²) in [5, 5.41) is 2.22. The van der Waals surface area contributed by atoms with E-state index in [0.717, 1.165) is 24.3 Å². The van der Waals surface area contributed by atoms with Crippen LogP contribution in [0.4, 0.5) is 18.9 Å². The molecule has 28 heavy (non-hydrogen) atoms. The van der Waals surface area contributed by atoms with Gasteiger partial charge in [-0.05, 0) is 36.8 Å². The number of carbonyl (C=O) groups excluding carboxylic acids is 1. The number of carbonyl (C=O) groups is 1. The lowest BCUT2D eigenvalue weighted by Crippen LogP contribution is -2.25. The standard InChI is InChI=1S/C18H14F3N3O3S/c1-10-17(11-2-4-12(19)5-3-11)28(26,27)24-18(10)22-9-16(25)23-15-7-6-13(20)8-14(15)21/h2-8H,9H2,1H3,(H,22,24)(H,23,25). The molecule has 1 aliphatic rings. The number of aliphatic imine (C=N–C) groups is 1. The molecular formula is C18H14F3N3O3S. The number of benzene rings is 2. The second kappa shape index (κ2) is 7.47. The summed E-state index contributed by atoms with van der Waals surface area (Å²) < 4.78 is 66.5. The average Bonchev–Trinajstić information content (AvgIpc) is 2.85. The molecule has 1 aliphatic heterocycles. The van der Waals surface area contributed by atoms with Crippen molar-refractivity contribution in [3.05, 3.63) is 71.1 Å². The number of anilines is 1. The van der Waals surface area contributed by atoms with Crippen molar-refractivity contribution in [2.45, 2.75) is 6.92 Å². The zero-order valence-electron chi connectivity index (χ0n) is 14.5. The van der Waals surface area contributed by atoms with Crippen molar-refractivity contribution in [2.24, 2.45) is 4.99 Å². The maximum atomic E-state index is 13.6. The molecule has 0 spiro atoms. The minimum absolute atomic E-state index is 0.0472. The van der Waals surface area contributed by atoms with Crippen molar-refractivity contribution >= 4 is 32.4 Å². The first-order chi connectivity index (χ1) is 13.2. The van der Waals surface area contributed by atoms with Gasteiger partial charge in [0.25, 0.3) is 10.0 Å². The molecule has 0 bridgehead atoms. The third kappa shape index (κ3) is 4.06. The molecule has 0 radical (unpaired) electrons. The molecule has 3 rings (SSSR count). The van der Waals surface area contributed by atoms with Gasteiger partial charge in [0.1, 0.15) is 34.7 Å². The molecule has 2 aromatic carbocycles. The largest absolute Gasteiger partial charge is 0.322 e. The van der Waals surface area contributed by atoms with Gasteiger partial charge in [0.15, 0.2) is 0 Å². The van der Waals surface area contributed by atoms with Crippen LogP contribution in [0.2, 0.25) is 0 Å². The Balaban J connectivity index is 1.80. The van der Waals surface area contributed by atoms with Gasteiger partial charge < -0.3 is 5.32 Å². The van der Waals surface area contributed by atoms with Crippen molar-refractivity contribution in [1.82, 2.24) is 4.72 Å². The van der Waals surface area contributed by atoms with Crippen LogP contribution < -0.4 is 10.0 Å².